The number of amides is 1. The van der Waals surface area contributed by atoms with Crippen LogP contribution in [-0.2, 0) is 6.61 Å². The standard InChI is InChI=1S/C21H21ClF2N4O2/c1-12-18(20(29)26-11-21(25)6-3-7-21)28-9-13(22)8-17(19(28)27-12)30-10-14-15(23)4-2-5-16(14)24/h2,4-5,8-9H,3,6-7,10-11,25H2,1H3,(H,26,29). The predicted molar refractivity (Wildman–Crippen MR) is 109 cm³/mol. The lowest BCUT2D eigenvalue weighted by Crippen LogP contribution is -2.55. The number of nitrogens with zero attached hydrogens (tertiary/aromatic N) is 2. The molecule has 1 aliphatic rings. The topological polar surface area (TPSA) is 81.7 Å². The summed E-state index contributed by atoms with van der Waals surface area (Å²) in [5.41, 5.74) is 6.71. The first kappa shape index (κ1) is 20.6. The fourth-order valence-electron chi connectivity index (χ4n) is 3.54. The van der Waals surface area contributed by atoms with Crippen LogP contribution in [0.3, 0.4) is 0 Å². The fraction of sp³-hybridized carbons (Fsp3) is 0.333. The number of nitrogens with one attached hydrogen (secondary N) is 1. The number of hydrogen-bond donors (Lipinski definition) is 2. The number of benzene rings is 1. The molecule has 30 heavy (non-hydrogen) atoms. The quantitative estimate of drug-likeness (QED) is 0.619. The number of hydrogen-bond acceptors (Lipinski definition) is 4. The number of imidazole rings is 1. The van der Waals surface area contributed by atoms with E-state index < -0.39 is 11.6 Å². The van der Waals surface area contributed by atoms with E-state index in [2.05, 4.69) is 10.3 Å². The summed E-state index contributed by atoms with van der Waals surface area (Å²) in [4.78, 5) is 17.2. The van der Waals surface area contributed by atoms with Crippen LogP contribution in [0.5, 0.6) is 5.75 Å². The van der Waals surface area contributed by atoms with Crippen LogP contribution in [0.4, 0.5) is 8.78 Å². The number of rotatable bonds is 6. The van der Waals surface area contributed by atoms with Gasteiger partial charge in [-0.1, -0.05) is 17.7 Å². The number of nitrogens with two attached hydrogens (primary N) is 1. The van der Waals surface area contributed by atoms with Crippen LogP contribution in [0.15, 0.2) is 30.5 Å². The number of carbonyl (C=O) groups is 1. The van der Waals surface area contributed by atoms with Crippen molar-refractivity contribution in [3.63, 3.8) is 0 Å². The second-order valence-corrected chi connectivity index (χ2v) is 8.09. The Morgan fingerprint density at radius 1 is 1.37 bits per heavy atom. The molecule has 4 rings (SSSR count). The molecular formula is C21H21ClF2N4O2. The van der Waals surface area contributed by atoms with Gasteiger partial charge in [-0.3, -0.25) is 9.20 Å². The average Bonchev–Trinajstić information content (AvgIpc) is 3.00. The summed E-state index contributed by atoms with van der Waals surface area (Å²) in [6.45, 7) is 1.71. The smallest absolute Gasteiger partial charge is 0.270 e. The Bertz CT molecular complexity index is 1110. The second kappa shape index (κ2) is 7.85. The molecular weight excluding hydrogens is 414 g/mol. The summed E-state index contributed by atoms with van der Waals surface area (Å²) < 4.78 is 35.0. The summed E-state index contributed by atoms with van der Waals surface area (Å²) in [6, 6.07) is 5.09. The highest BCUT2D eigenvalue weighted by atomic mass is 35.5. The van der Waals surface area contributed by atoms with Crippen LogP contribution in [0.25, 0.3) is 5.65 Å². The number of fused-ring (bicyclic) bond motifs is 1. The fourth-order valence-corrected chi connectivity index (χ4v) is 3.74. The molecule has 3 aromatic rings. The molecule has 0 bridgehead atoms. The predicted octanol–water partition coefficient (Wildman–Crippen LogP) is 3.76. The molecule has 1 fully saturated rings. The van der Waals surface area contributed by atoms with Crippen molar-refractivity contribution in [3.8, 4) is 5.75 Å². The van der Waals surface area contributed by atoms with Gasteiger partial charge in [0, 0.05) is 24.3 Å². The molecule has 0 atom stereocenters. The van der Waals surface area contributed by atoms with E-state index in [1.165, 1.54) is 16.5 Å². The van der Waals surface area contributed by atoms with E-state index in [1.54, 1.807) is 13.1 Å². The first-order valence-corrected chi connectivity index (χ1v) is 9.96. The summed E-state index contributed by atoms with van der Waals surface area (Å²) in [6.07, 6.45) is 4.34. The Hall–Kier alpha value is -2.71. The Balaban J connectivity index is 1.62. The monoisotopic (exact) mass is 434 g/mol. The molecule has 0 saturated heterocycles. The Morgan fingerprint density at radius 2 is 2.07 bits per heavy atom. The van der Waals surface area contributed by atoms with Crippen LogP contribution in [0, 0.1) is 18.6 Å². The normalized spacial score (nSPS) is 15.1. The lowest BCUT2D eigenvalue weighted by molar-refractivity contribution is 0.0923. The van der Waals surface area contributed by atoms with Gasteiger partial charge >= 0.3 is 0 Å². The molecule has 2 heterocycles. The lowest BCUT2D eigenvalue weighted by atomic mass is 9.78. The third kappa shape index (κ3) is 3.85. The van der Waals surface area contributed by atoms with Gasteiger partial charge in [-0.05, 0) is 38.3 Å². The van der Waals surface area contributed by atoms with Gasteiger partial charge in [-0.25, -0.2) is 13.8 Å². The van der Waals surface area contributed by atoms with E-state index in [1.807, 2.05) is 0 Å². The molecule has 2 aromatic heterocycles. The van der Waals surface area contributed by atoms with Crippen molar-refractivity contribution in [1.29, 1.82) is 0 Å². The summed E-state index contributed by atoms with van der Waals surface area (Å²) in [5, 5.41) is 3.15. The zero-order chi connectivity index (χ0) is 21.5. The van der Waals surface area contributed by atoms with Crippen molar-refractivity contribution in [2.24, 2.45) is 5.73 Å². The summed E-state index contributed by atoms with van der Waals surface area (Å²) >= 11 is 6.21. The number of carbonyl (C=O) groups excluding carboxylic acids is 1. The molecule has 0 unspecified atom stereocenters. The molecule has 0 radical (unpaired) electrons. The molecule has 0 spiro atoms. The zero-order valence-electron chi connectivity index (χ0n) is 16.3. The Labute approximate surface area is 177 Å². The van der Waals surface area contributed by atoms with Crippen LogP contribution < -0.4 is 15.8 Å². The van der Waals surface area contributed by atoms with E-state index in [0.29, 0.717) is 23.6 Å². The van der Waals surface area contributed by atoms with Crippen LogP contribution in [-0.4, -0.2) is 27.4 Å². The third-order valence-corrected chi connectivity index (χ3v) is 5.63. The number of ether oxygens (including phenoxy) is 1. The van der Waals surface area contributed by atoms with Gasteiger partial charge < -0.3 is 15.8 Å². The van der Waals surface area contributed by atoms with Gasteiger partial charge in [0.1, 0.15) is 23.9 Å². The van der Waals surface area contributed by atoms with E-state index in [-0.39, 0.29) is 34.4 Å². The maximum Gasteiger partial charge on any atom is 0.270 e. The molecule has 6 nitrogen and oxygen atoms in total. The molecule has 0 aliphatic heterocycles. The number of halogens is 3. The van der Waals surface area contributed by atoms with Crippen molar-refractivity contribution >= 4 is 23.2 Å². The largest absolute Gasteiger partial charge is 0.485 e. The van der Waals surface area contributed by atoms with Crippen LogP contribution >= 0.6 is 11.6 Å². The SMILES string of the molecule is Cc1nc2c(OCc3c(F)cccc3F)cc(Cl)cn2c1C(=O)NCC1(N)CCC1. The first-order chi connectivity index (χ1) is 14.3. The van der Waals surface area contributed by atoms with Crippen LogP contribution in [0.2, 0.25) is 5.02 Å². The van der Waals surface area contributed by atoms with Gasteiger partial charge in [0.25, 0.3) is 5.91 Å². The molecule has 1 saturated carbocycles. The summed E-state index contributed by atoms with van der Waals surface area (Å²) in [5.74, 6) is -1.54. The van der Waals surface area contributed by atoms with Gasteiger partial charge in [-0.15, -0.1) is 0 Å². The van der Waals surface area contributed by atoms with Gasteiger partial charge in [0.15, 0.2) is 11.4 Å². The number of pyridine rings is 1. The number of aromatic nitrogens is 2. The van der Waals surface area contributed by atoms with E-state index in [4.69, 9.17) is 22.1 Å². The molecule has 158 valence electrons. The highest BCUT2D eigenvalue weighted by Gasteiger charge is 2.33. The third-order valence-electron chi connectivity index (χ3n) is 5.43. The van der Waals surface area contributed by atoms with E-state index in [9.17, 15) is 13.6 Å². The minimum absolute atomic E-state index is 0.203. The van der Waals surface area contributed by atoms with Gasteiger partial charge in [-0.2, -0.15) is 0 Å². The van der Waals surface area contributed by atoms with Crippen molar-refractivity contribution in [3.05, 3.63) is 64.1 Å². The van der Waals surface area contributed by atoms with E-state index >= 15 is 0 Å². The minimum Gasteiger partial charge on any atom is -0.485 e. The molecule has 1 aromatic carbocycles. The second-order valence-electron chi connectivity index (χ2n) is 7.65. The van der Waals surface area contributed by atoms with E-state index in [0.717, 1.165) is 31.4 Å². The highest BCUT2D eigenvalue weighted by Crippen LogP contribution is 2.29. The van der Waals surface area contributed by atoms with Crippen molar-refractivity contribution in [1.82, 2.24) is 14.7 Å². The molecule has 3 N–H and O–H groups in total. The average molecular weight is 435 g/mol. The van der Waals surface area contributed by atoms with Crippen molar-refractivity contribution in [2.45, 2.75) is 38.3 Å². The molecule has 1 amide bonds. The first-order valence-electron chi connectivity index (χ1n) is 9.58. The van der Waals surface area contributed by atoms with Gasteiger partial charge in [0.05, 0.1) is 16.3 Å². The van der Waals surface area contributed by atoms with Crippen LogP contribution in [0.1, 0.15) is 41.0 Å². The Kier molecular flexibility index (Phi) is 5.38. The molecule has 9 heteroatoms. The minimum atomic E-state index is -0.709. The number of aryl methyl sites for hydroxylation is 1. The summed E-state index contributed by atoms with van der Waals surface area (Å²) in [7, 11) is 0. The molecule has 1 aliphatic carbocycles. The maximum atomic E-state index is 13.9. The van der Waals surface area contributed by atoms with Crippen molar-refractivity contribution < 1.29 is 18.3 Å². The maximum absolute atomic E-state index is 13.9. The zero-order valence-corrected chi connectivity index (χ0v) is 17.1. The lowest BCUT2D eigenvalue weighted by Gasteiger charge is -2.38. The van der Waals surface area contributed by atoms with Crippen molar-refractivity contribution in [2.75, 3.05) is 6.54 Å². The highest BCUT2D eigenvalue weighted by molar-refractivity contribution is 6.30. The van der Waals surface area contributed by atoms with Gasteiger partial charge in [0.2, 0.25) is 0 Å². The Morgan fingerprint density at radius 3 is 2.70 bits per heavy atom.